The number of aryl methyl sites for hydroxylation is 1. The summed E-state index contributed by atoms with van der Waals surface area (Å²) >= 11 is 0. The van der Waals surface area contributed by atoms with Gasteiger partial charge in [0.25, 0.3) is 0 Å². The molecule has 5 rings (SSSR count). The van der Waals surface area contributed by atoms with Crippen LogP contribution in [0.4, 0.5) is 5.69 Å². The number of fused-ring (bicyclic) bond motifs is 2. The molecule has 0 heterocycles. The van der Waals surface area contributed by atoms with Gasteiger partial charge < -0.3 is 5.73 Å². The topological polar surface area (TPSA) is 26.0 Å². The molecule has 0 aliphatic carbocycles. The summed E-state index contributed by atoms with van der Waals surface area (Å²) in [6, 6.07) is 22.3. The van der Waals surface area contributed by atoms with Crippen LogP contribution in [0.3, 0.4) is 0 Å². The molecule has 0 unspecified atom stereocenters. The molecule has 0 amide bonds. The van der Waals surface area contributed by atoms with Crippen molar-refractivity contribution in [2.45, 2.75) is 39.0 Å². The van der Waals surface area contributed by atoms with E-state index >= 15 is 0 Å². The van der Waals surface area contributed by atoms with Crippen molar-refractivity contribution in [3.8, 4) is 0 Å². The van der Waals surface area contributed by atoms with Crippen LogP contribution in [0.5, 0.6) is 0 Å². The predicted molar refractivity (Wildman–Crippen MR) is 120 cm³/mol. The zero-order valence-corrected chi connectivity index (χ0v) is 15.9. The summed E-state index contributed by atoms with van der Waals surface area (Å²) in [6.07, 6.45) is 6.32. The number of anilines is 1. The molecule has 0 aliphatic rings. The summed E-state index contributed by atoms with van der Waals surface area (Å²) in [7, 11) is 0. The molecular formula is C26H25N. The van der Waals surface area contributed by atoms with E-state index in [1.54, 1.807) is 0 Å². The molecule has 0 radical (unpaired) electrons. The van der Waals surface area contributed by atoms with Gasteiger partial charge in [0, 0.05) is 11.1 Å². The minimum atomic E-state index is 0.883. The van der Waals surface area contributed by atoms with Crippen molar-refractivity contribution in [3.05, 3.63) is 66.2 Å². The molecule has 2 N–H and O–H groups in total. The molecule has 0 aromatic heterocycles. The smallest absolute Gasteiger partial charge is 0.0400 e. The first kappa shape index (κ1) is 16.4. The molecule has 1 nitrogen and oxygen atoms in total. The van der Waals surface area contributed by atoms with Gasteiger partial charge in [-0.3, -0.25) is 0 Å². The molecule has 0 spiro atoms. The quantitative estimate of drug-likeness (QED) is 0.151. The van der Waals surface area contributed by atoms with Crippen LogP contribution in [0, 0.1) is 0 Å². The van der Waals surface area contributed by atoms with E-state index in [1.165, 1.54) is 74.3 Å². The fourth-order valence-electron chi connectivity index (χ4n) is 4.72. The molecule has 5 aromatic carbocycles. The maximum atomic E-state index is 6.52. The molecule has 0 bridgehead atoms. The van der Waals surface area contributed by atoms with Gasteiger partial charge in [0.15, 0.2) is 0 Å². The van der Waals surface area contributed by atoms with E-state index in [0.29, 0.717) is 0 Å². The Morgan fingerprint density at radius 1 is 0.667 bits per heavy atom. The Morgan fingerprint density at radius 3 is 2.26 bits per heavy atom. The average Bonchev–Trinajstić information content (AvgIpc) is 2.70. The third kappa shape index (κ3) is 2.53. The summed E-state index contributed by atoms with van der Waals surface area (Å²) in [5.74, 6) is 0. The van der Waals surface area contributed by atoms with E-state index < -0.39 is 0 Å². The van der Waals surface area contributed by atoms with Gasteiger partial charge in [0.2, 0.25) is 0 Å². The van der Waals surface area contributed by atoms with Gasteiger partial charge in [-0.25, -0.2) is 0 Å². The van der Waals surface area contributed by atoms with Gasteiger partial charge in [-0.2, -0.15) is 0 Å². The van der Waals surface area contributed by atoms with Crippen molar-refractivity contribution in [2.75, 3.05) is 5.73 Å². The van der Waals surface area contributed by atoms with Crippen molar-refractivity contribution in [3.63, 3.8) is 0 Å². The summed E-state index contributed by atoms with van der Waals surface area (Å²) in [5, 5.41) is 10.5. The second kappa shape index (κ2) is 6.42. The van der Waals surface area contributed by atoms with Gasteiger partial charge in [-0.05, 0) is 62.2 Å². The molecule has 27 heavy (non-hydrogen) atoms. The molecule has 0 saturated carbocycles. The summed E-state index contributed by atoms with van der Waals surface area (Å²) in [4.78, 5) is 0. The number of hydrogen-bond donors (Lipinski definition) is 1. The number of benzene rings is 5. The van der Waals surface area contributed by atoms with Crippen LogP contribution >= 0.6 is 0 Å². The van der Waals surface area contributed by atoms with Crippen molar-refractivity contribution < 1.29 is 0 Å². The Bertz CT molecular complexity index is 1270. The largest absolute Gasteiger partial charge is 0.398 e. The van der Waals surface area contributed by atoms with Crippen molar-refractivity contribution in [2.24, 2.45) is 0 Å². The lowest BCUT2D eigenvalue weighted by Crippen LogP contribution is -1.94. The number of rotatable bonds is 5. The fourth-order valence-corrected chi connectivity index (χ4v) is 4.72. The number of nitrogen functional groups attached to an aromatic ring is 1. The highest BCUT2D eigenvalue weighted by molar-refractivity contribution is 6.35. The zero-order valence-electron chi connectivity index (χ0n) is 15.9. The lowest BCUT2D eigenvalue weighted by atomic mass is 9.87. The Balaban J connectivity index is 1.86. The maximum Gasteiger partial charge on any atom is 0.0400 e. The Labute approximate surface area is 160 Å². The standard InChI is InChI=1S/C26H25N/c1-2-3-4-5-8-17-15-19-10-7-11-20-21-12-6-9-18-13-14-23(27)26(25(18)21)22(16-17)24(19)20/h6-7,9-16H,2-5,8,27H2,1H3. The number of nitrogens with two attached hydrogens (primary N) is 1. The first-order valence-electron chi connectivity index (χ1n) is 10.2. The Morgan fingerprint density at radius 2 is 1.44 bits per heavy atom. The van der Waals surface area contributed by atoms with E-state index in [2.05, 4.69) is 67.6 Å². The molecule has 134 valence electrons. The Kier molecular flexibility index (Phi) is 3.89. The van der Waals surface area contributed by atoms with Crippen LogP contribution in [-0.4, -0.2) is 0 Å². The van der Waals surface area contributed by atoms with Gasteiger partial charge in [0.05, 0.1) is 0 Å². The lowest BCUT2D eigenvalue weighted by Gasteiger charge is -2.17. The first-order chi connectivity index (χ1) is 13.3. The van der Waals surface area contributed by atoms with Crippen LogP contribution in [0.15, 0.2) is 60.7 Å². The number of unbranched alkanes of at least 4 members (excludes halogenated alkanes) is 3. The third-order valence-corrected chi connectivity index (χ3v) is 5.99. The second-order valence-corrected chi connectivity index (χ2v) is 7.79. The van der Waals surface area contributed by atoms with Crippen molar-refractivity contribution in [1.82, 2.24) is 0 Å². The molecule has 0 atom stereocenters. The van der Waals surface area contributed by atoms with E-state index in [4.69, 9.17) is 5.73 Å². The van der Waals surface area contributed by atoms with Gasteiger partial charge >= 0.3 is 0 Å². The monoisotopic (exact) mass is 351 g/mol. The highest BCUT2D eigenvalue weighted by Crippen LogP contribution is 2.42. The van der Waals surface area contributed by atoms with Crippen LogP contribution in [-0.2, 0) is 6.42 Å². The predicted octanol–water partition coefficient (Wildman–Crippen LogP) is 7.44. The Hall–Kier alpha value is -2.80. The first-order valence-corrected chi connectivity index (χ1v) is 10.2. The van der Waals surface area contributed by atoms with E-state index in [9.17, 15) is 0 Å². The highest BCUT2D eigenvalue weighted by Gasteiger charge is 2.15. The van der Waals surface area contributed by atoms with Crippen LogP contribution in [0.2, 0.25) is 0 Å². The van der Waals surface area contributed by atoms with Crippen molar-refractivity contribution >= 4 is 48.8 Å². The average molecular weight is 351 g/mol. The minimum absolute atomic E-state index is 0.883. The van der Waals surface area contributed by atoms with Crippen molar-refractivity contribution in [1.29, 1.82) is 0 Å². The lowest BCUT2D eigenvalue weighted by molar-refractivity contribution is 0.667. The fraction of sp³-hybridized carbons (Fsp3) is 0.231. The van der Waals surface area contributed by atoms with Gasteiger partial charge in [0.1, 0.15) is 0 Å². The molecule has 1 heteroatoms. The van der Waals surface area contributed by atoms with Crippen LogP contribution < -0.4 is 5.73 Å². The molecular weight excluding hydrogens is 326 g/mol. The SMILES string of the molecule is CCCCCCc1cc2cccc3c4cccc5ccc(N)c(c(c1)c23)c54. The number of hydrogen-bond acceptors (Lipinski definition) is 1. The van der Waals surface area contributed by atoms with Crippen LogP contribution in [0.25, 0.3) is 43.1 Å². The van der Waals surface area contributed by atoms with E-state index in [-0.39, 0.29) is 0 Å². The molecule has 0 saturated heterocycles. The second-order valence-electron chi connectivity index (χ2n) is 7.79. The van der Waals surface area contributed by atoms with Crippen LogP contribution in [0.1, 0.15) is 38.2 Å². The summed E-state index contributed by atoms with van der Waals surface area (Å²) < 4.78 is 0. The van der Waals surface area contributed by atoms with Gasteiger partial charge in [-0.1, -0.05) is 80.8 Å². The molecule has 0 fully saturated rings. The molecule has 5 aromatic rings. The maximum absolute atomic E-state index is 6.52. The van der Waals surface area contributed by atoms with E-state index in [1.807, 2.05) is 0 Å². The normalized spacial score (nSPS) is 12.0. The highest BCUT2D eigenvalue weighted by atomic mass is 14.6. The minimum Gasteiger partial charge on any atom is -0.398 e. The molecule has 0 aliphatic heterocycles. The van der Waals surface area contributed by atoms with Gasteiger partial charge in [-0.15, -0.1) is 0 Å². The van der Waals surface area contributed by atoms with E-state index in [0.717, 1.165) is 12.1 Å². The zero-order chi connectivity index (χ0) is 18.4. The summed E-state index contributed by atoms with van der Waals surface area (Å²) in [5.41, 5.74) is 8.84. The summed E-state index contributed by atoms with van der Waals surface area (Å²) in [6.45, 7) is 2.27. The third-order valence-electron chi connectivity index (χ3n) is 5.99.